The van der Waals surface area contributed by atoms with E-state index in [0.29, 0.717) is 0 Å². The van der Waals surface area contributed by atoms with E-state index in [1.807, 2.05) is 0 Å². The lowest BCUT2D eigenvalue weighted by molar-refractivity contribution is 0.418. The normalized spacial score (nSPS) is 10.5. The number of benzene rings is 1. The maximum absolute atomic E-state index is 13.1. The lowest BCUT2D eigenvalue weighted by Crippen LogP contribution is -1.88. The Morgan fingerprint density at radius 2 is 1.86 bits per heavy atom. The molecule has 0 aliphatic carbocycles. The van der Waals surface area contributed by atoms with E-state index in [0.717, 1.165) is 18.5 Å². The van der Waals surface area contributed by atoms with Gasteiger partial charge in [-0.3, -0.25) is 0 Å². The van der Waals surface area contributed by atoms with Crippen molar-refractivity contribution in [2.24, 2.45) is 0 Å². The third-order valence-electron chi connectivity index (χ3n) is 1.60. The Morgan fingerprint density at radius 1 is 1.21 bits per heavy atom. The van der Waals surface area contributed by atoms with Crippen LogP contribution in [0.3, 0.4) is 0 Å². The van der Waals surface area contributed by atoms with Gasteiger partial charge in [-0.1, -0.05) is 5.16 Å². The molecule has 0 fully saturated rings. The van der Waals surface area contributed by atoms with E-state index in [4.69, 9.17) is 0 Å². The zero-order chi connectivity index (χ0) is 10.1. The number of hydrogen-bond donors (Lipinski definition) is 0. The summed E-state index contributed by atoms with van der Waals surface area (Å²) < 4.78 is 30.4. The van der Waals surface area contributed by atoms with E-state index in [9.17, 15) is 8.78 Å². The molecule has 0 bridgehead atoms. The average molecular weight is 261 g/mol. The zero-order valence-electron chi connectivity index (χ0n) is 6.67. The van der Waals surface area contributed by atoms with E-state index < -0.39 is 11.6 Å². The summed E-state index contributed by atoms with van der Waals surface area (Å²) >= 11 is 2.76. The van der Waals surface area contributed by atoms with Gasteiger partial charge in [0.05, 0.1) is 4.47 Å². The third kappa shape index (κ3) is 1.52. The SMILES string of the molecule is Fc1cc(-c2ncon2)cc(F)c1Br. The van der Waals surface area contributed by atoms with Gasteiger partial charge in [-0.15, -0.1) is 0 Å². The standard InChI is InChI=1S/C8H3BrF2N2O/c9-7-5(10)1-4(2-6(7)11)8-12-3-14-13-8/h1-3H. The number of hydrogen-bond acceptors (Lipinski definition) is 3. The quantitative estimate of drug-likeness (QED) is 0.741. The molecule has 3 nitrogen and oxygen atoms in total. The molecule has 0 aliphatic heterocycles. The lowest BCUT2D eigenvalue weighted by atomic mass is 10.2. The number of halogens is 3. The maximum Gasteiger partial charge on any atom is 0.214 e. The van der Waals surface area contributed by atoms with E-state index in [1.165, 1.54) is 0 Å². The Kier molecular flexibility index (Phi) is 2.28. The molecule has 2 aromatic rings. The van der Waals surface area contributed by atoms with Crippen LogP contribution in [-0.4, -0.2) is 10.1 Å². The van der Waals surface area contributed by atoms with Crippen LogP contribution in [-0.2, 0) is 0 Å². The molecule has 1 aromatic carbocycles. The highest BCUT2D eigenvalue weighted by molar-refractivity contribution is 9.10. The Bertz CT molecular complexity index is 435. The van der Waals surface area contributed by atoms with Crippen LogP contribution in [0.2, 0.25) is 0 Å². The van der Waals surface area contributed by atoms with Crippen molar-refractivity contribution in [3.63, 3.8) is 0 Å². The molecule has 0 atom stereocenters. The first-order valence-corrected chi connectivity index (χ1v) is 4.39. The van der Waals surface area contributed by atoms with Gasteiger partial charge < -0.3 is 4.52 Å². The van der Waals surface area contributed by atoms with Crippen molar-refractivity contribution in [2.45, 2.75) is 0 Å². The molecule has 14 heavy (non-hydrogen) atoms. The van der Waals surface area contributed by atoms with E-state index in [2.05, 4.69) is 30.6 Å². The van der Waals surface area contributed by atoms with Crippen LogP contribution in [0.15, 0.2) is 27.5 Å². The summed E-state index contributed by atoms with van der Waals surface area (Å²) in [6.07, 6.45) is 1.09. The minimum Gasteiger partial charge on any atom is -0.342 e. The predicted octanol–water partition coefficient (Wildman–Crippen LogP) is 2.78. The minimum absolute atomic E-state index is 0.148. The van der Waals surface area contributed by atoms with E-state index in [-0.39, 0.29) is 15.9 Å². The molecule has 0 aliphatic rings. The summed E-state index contributed by atoms with van der Waals surface area (Å²) in [6.45, 7) is 0. The van der Waals surface area contributed by atoms with Gasteiger partial charge in [-0.05, 0) is 28.1 Å². The predicted molar refractivity (Wildman–Crippen MR) is 47.4 cm³/mol. The van der Waals surface area contributed by atoms with Crippen LogP contribution in [0.25, 0.3) is 11.4 Å². The molecule has 0 N–H and O–H groups in total. The minimum atomic E-state index is -0.704. The Balaban J connectivity index is 2.57. The molecule has 6 heteroatoms. The first-order valence-electron chi connectivity index (χ1n) is 3.60. The third-order valence-corrected chi connectivity index (χ3v) is 2.36. The van der Waals surface area contributed by atoms with Crippen molar-refractivity contribution < 1.29 is 13.3 Å². The second-order valence-corrected chi connectivity index (χ2v) is 3.30. The van der Waals surface area contributed by atoms with Crippen LogP contribution >= 0.6 is 15.9 Å². The van der Waals surface area contributed by atoms with Gasteiger partial charge in [0.25, 0.3) is 0 Å². The fourth-order valence-corrected chi connectivity index (χ4v) is 1.21. The molecule has 0 radical (unpaired) electrons. The largest absolute Gasteiger partial charge is 0.342 e. The van der Waals surface area contributed by atoms with Crippen LogP contribution in [0.5, 0.6) is 0 Å². The van der Waals surface area contributed by atoms with Crippen LogP contribution < -0.4 is 0 Å². The number of rotatable bonds is 1. The fourth-order valence-electron chi connectivity index (χ4n) is 0.982. The van der Waals surface area contributed by atoms with Crippen molar-refractivity contribution in [3.05, 3.63) is 34.6 Å². The van der Waals surface area contributed by atoms with Gasteiger partial charge in [0, 0.05) is 5.56 Å². The van der Waals surface area contributed by atoms with Crippen LogP contribution in [0.4, 0.5) is 8.78 Å². The summed E-state index contributed by atoms with van der Waals surface area (Å²) in [4.78, 5) is 3.67. The fraction of sp³-hybridized carbons (Fsp3) is 0. The first-order chi connectivity index (χ1) is 6.68. The summed E-state index contributed by atoms with van der Waals surface area (Å²) in [5.41, 5.74) is 0.233. The van der Waals surface area contributed by atoms with Gasteiger partial charge in [0.1, 0.15) is 11.6 Å². The van der Waals surface area contributed by atoms with Crippen LogP contribution in [0, 0.1) is 11.6 Å². The Labute approximate surface area is 85.9 Å². The van der Waals surface area contributed by atoms with Gasteiger partial charge in [-0.2, -0.15) is 4.98 Å². The summed E-state index contributed by atoms with van der Waals surface area (Å²) in [6, 6.07) is 2.25. The van der Waals surface area contributed by atoms with Crippen molar-refractivity contribution in [1.29, 1.82) is 0 Å². The van der Waals surface area contributed by atoms with Crippen molar-refractivity contribution in [3.8, 4) is 11.4 Å². The second kappa shape index (κ2) is 3.45. The molecule has 0 saturated carbocycles. The molecule has 1 heterocycles. The molecular formula is C8H3BrF2N2O. The molecule has 0 saturated heterocycles. The summed E-state index contributed by atoms with van der Waals surface area (Å²) in [5, 5.41) is 3.46. The molecule has 0 unspecified atom stereocenters. The van der Waals surface area contributed by atoms with E-state index in [1.54, 1.807) is 0 Å². The Morgan fingerprint density at radius 3 is 2.36 bits per heavy atom. The highest BCUT2D eigenvalue weighted by Gasteiger charge is 2.11. The summed E-state index contributed by atoms with van der Waals surface area (Å²) in [7, 11) is 0. The van der Waals surface area contributed by atoms with Crippen LogP contribution in [0.1, 0.15) is 0 Å². The molecule has 1 aromatic heterocycles. The highest BCUT2D eigenvalue weighted by atomic mass is 79.9. The second-order valence-electron chi connectivity index (χ2n) is 2.51. The zero-order valence-corrected chi connectivity index (χ0v) is 8.25. The molecule has 0 amide bonds. The molecule has 72 valence electrons. The van der Waals surface area contributed by atoms with E-state index >= 15 is 0 Å². The van der Waals surface area contributed by atoms with Crippen molar-refractivity contribution >= 4 is 15.9 Å². The number of aromatic nitrogens is 2. The average Bonchev–Trinajstić information content (AvgIpc) is 2.66. The van der Waals surface area contributed by atoms with Gasteiger partial charge >= 0.3 is 0 Å². The first kappa shape index (κ1) is 9.26. The summed E-state index contributed by atoms with van der Waals surface area (Å²) in [5.74, 6) is -1.26. The number of nitrogens with zero attached hydrogens (tertiary/aromatic N) is 2. The maximum atomic E-state index is 13.1. The van der Waals surface area contributed by atoms with Crippen molar-refractivity contribution in [2.75, 3.05) is 0 Å². The van der Waals surface area contributed by atoms with Crippen molar-refractivity contribution in [1.82, 2.24) is 10.1 Å². The Hall–Kier alpha value is -1.30. The smallest absolute Gasteiger partial charge is 0.214 e. The van der Waals surface area contributed by atoms with Gasteiger partial charge in [-0.25, -0.2) is 8.78 Å². The van der Waals surface area contributed by atoms with Gasteiger partial charge in [0.2, 0.25) is 12.2 Å². The molecule has 2 rings (SSSR count). The monoisotopic (exact) mass is 260 g/mol. The highest BCUT2D eigenvalue weighted by Crippen LogP contribution is 2.25. The molecular weight excluding hydrogens is 258 g/mol. The topological polar surface area (TPSA) is 38.9 Å². The molecule has 0 spiro atoms. The van der Waals surface area contributed by atoms with Gasteiger partial charge in [0.15, 0.2) is 0 Å². The lowest BCUT2D eigenvalue weighted by Gasteiger charge is -1.99.